The molecule has 0 aromatic rings. The summed E-state index contributed by atoms with van der Waals surface area (Å²) >= 11 is 0. The van der Waals surface area contributed by atoms with Crippen LogP contribution in [0.5, 0.6) is 0 Å². The van der Waals surface area contributed by atoms with Gasteiger partial charge in [0.05, 0.1) is 0 Å². The van der Waals surface area contributed by atoms with Crippen molar-refractivity contribution in [2.24, 2.45) is 5.92 Å². The summed E-state index contributed by atoms with van der Waals surface area (Å²) < 4.78 is 0. The Balaban J connectivity index is 2.40. The minimum Gasteiger partial charge on any atom is -0.315 e. The minimum absolute atomic E-state index is 0.734. The summed E-state index contributed by atoms with van der Waals surface area (Å²) in [5.41, 5.74) is 0. The number of likely N-dealkylation sites (N-methyl/N-ethyl adjacent to an activating group) is 1. The number of hydrogen-bond donors (Lipinski definition) is 1. The van der Waals surface area contributed by atoms with Crippen LogP contribution in [-0.2, 0) is 0 Å². The van der Waals surface area contributed by atoms with E-state index in [1.807, 2.05) is 0 Å². The molecule has 0 spiro atoms. The normalized spacial score (nSPS) is 31.2. The van der Waals surface area contributed by atoms with Crippen LogP contribution in [0.4, 0.5) is 0 Å². The van der Waals surface area contributed by atoms with Crippen molar-refractivity contribution in [1.82, 2.24) is 10.2 Å². The van der Waals surface area contributed by atoms with E-state index in [4.69, 9.17) is 0 Å². The fourth-order valence-corrected chi connectivity index (χ4v) is 2.29. The monoisotopic (exact) mass is 184 g/mol. The van der Waals surface area contributed by atoms with E-state index in [-0.39, 0.29) is 0 Å². The number of nitrogens with zero attached hydrogens (tertiary/aromatic N) is 1. The maximum atomic E-state index is 3.46. The molecule has 1 fully saturated rings. The maximum Gasteiger partial charge on any atom is 0.0258 e. The van der Waals surface area contributed by atoms with E-state index in [0.29, 0.717) is 0 Å². The van der Waals surface area contributed by atoms with Crippen LogP contribution >= 0.6 is 0 Å². The molecule has 0 aliphatic carbocycles. The molecule has 2 heteroatoms. The van der Waals surface area contributed by atoms with E-state index in [9.17, 15) is 0 Å². The van der Waals surface area contributed by atoms with E-state index in [0.717, 1.165) is 18.0 Å². The Bertz CT molecular complexity index is 147. The highest BCUT2D eigenvalue weighted by Gasteiger charge is 2.28. The third-order valence-electron chi connectivity index (χ3n) is 3.40. The zero-order valence-corrected chi connectivity index (χ0v) is 9.51. The SMILES string of the molecule is CCCC(C)N(C)C1CNCC1C. The third-order valence-corrected chi connectivity index (χ3v) is 3.40. The molecule has 1 heterocycles. The number of rotatable bonds is 4. The molecule has 0 radical (unpaired) electrons. The second kappa shape index (κ2) is 4.97. The van der Waals surface area contributed by atoms with E-state index in [1.165, 1.54) is 25.9 Å². The summed E-state index contributed by atoms with van der Waals surface area (Å²) in [6, 6.07) is 1.49. The average molecular weight is 184 g/mol. The first-order valence-corrected chi connectivity index (χ1v) is 5.59. The first-order chi connectivity index (χ1) is 6.16. The van der Waals surface area contributed by atoms with E-state index < -0.39 is 0 Å². The average Bonchev–Trinajstić information content (AvgIpc) is 2.50. The second-order valence-corrected chi connectivity index (χ2v) is 4.51. The zero-order valence-electron chi connectivity index (χ0n) is 9.51. The summed E-state index contributed by atoms with van der Waals surface area (Å²) in [5.74, 6) is 0.810. The van der Waals surface area contributed by atoms with Crippen LogP contribution in [0.1, 0.15) is 33.6 Å². The predicted octanol–water partition coefficient (Wildman–Crippen LogP) is 1.71. The summed E-state index contributed by atoms with van der Waals surface area (Å²) in [6.45, 7) is 9.31. The Morgan fingerprint density at radius 3 is 2.62 bits per heavy atom. The van der Waals surface area contributed by atoms with Gasteiger partial charge in [0.2, 0.25) is 0 Å². The van der Waals surface area contributed by atoms with Gasteiger partial charge in [-0.15, -0.1) is 0 Å². The molecule has 13 heavy (non-hydrogen) atoms. The summed E-state index contributed by atoms with van der Waals surface area (Å²) in [4.78, 5) is 2.55. The molecule has 1 rings (SSSR count). The van der Waals surface area contributed by atoms with Gasteiger partial charge in [-0.1, -0.05) is 20.3 Å². The van der Waals surface area contributed by atoms with Gasteiger partial charge in [-0.2, -0.15) is 0 Å². The molecular weight excluding hydrogens is 160 g/mol. The van der Waals surface area contributed by atoms with Crippen molar-refractivity contribution in [3.8, 4) is 0 Å². The maximum absolute atomic E-state index is 3.46. The molecule has 1 aliphatic rings. The van der Waals surface area contributed by atoms with Crippen LogP contribution in [0.25, 0.3) is 0 Å². The molecule has 2 nitrogen and oxygen atoms in total. The molecule has 0 bridgehead atoms. The van der Waals surface area contributed by atoms with Gasteiger partial charge >= 0.3 is 0 Å². The van der Waals surface area contributed by atoms with Crippen molar-refractivity contribution in [3.63, 3.8) is 0 Å². The highest BCUT2D eigenvalue weighted by atomic mass is 15.2. The fraction of sp³-hybridized carbons (Fsp3) is 1.00. The van der Waals surface area contributed by atoms with Crippen LogP contribution in [0.2, 0.25) is 0 Å². The van der Waals surface area contributed by atoms with Crippen LogP contribution < -0.4 is 5.32 Å². The van der Waals surface area contributed by atoms with Gasteiger partial charge in [-0.05, 0) is 32.9 Å². The van der Waals surface area contributed by atoms with Gasteiger partial charge in [-0.3, -0.25) is 4.90 Å². The predicted molar refractivity (Wildman–Crippen MR) is 58.0 cm³/mol. The second-order valence-electron chi connectivity index (χ2n) is 4.51. The lowest BCUT2D eigenvalue weighted by Crippen LogP contribution is -2.42. The van der Waals surface area contributed by atoms with Crippen LogP contribution in [0.15, 0.2) is 0 Å². The topological polar surface area (TPSA) is 15.3 Å². The molecule has 3 unspecified atom stereocenters. The Morgan fingerprint density at radius 1 is 1.46 bits per heavy atom. The minimum atomic E-state index is 0.734. The summed E-state index contributed by atoms with van der Waals surface area (Å²) in [7, 11) is 2.27. The summed E-state index contributed by atoms with van der Waals surface area (Å²) in [5, 5.41) is 3.46. The molecule has 3 atom stereocenters. The first-order valence-electron chi connectivity index (χ1n) is 5.59. The van der Waals surface area contributed by atoms with Crippen molar-refractivity contribution in [3.05, 3.63) is 0 Å². The lowest BCUT2D eigenvalue weighted by molar-refractivity contribution is 0.159. The Kier molecular flexibility index (Phi) is 4.20. The molecule has 0 saturated carbocycles. The third kappa shape index (κ3) is 2.68. The van der Waals surface area contributed by atoms with Crippen molar-refractivity contribution < 1.29 is 0 Å². The van der Waals surface area contributed by atoms with Gasteiger partial charge in [-0.25, -0.2) is 0 Å². The molecule has 0 aromatic carbocycles. The zero-order chi connectivity index (χ0) is 9.84. The van der Waals surface area contributed by atoms with Gasteiger partial charge < -0.3 is 5.32 Å². The Morgan fingerprint density at radius 2 is 2.15 bits per heavy atom. The highest BCUT2D eigenvalue weighted by molar-refractivity contribution is 4.86. The van der Waals surface area contributed by atoms with Crippen LogP contribution in [0.3, 0.4) is 0 Å². The van der Waals surface area contributed by atoms with E-state index >= 15 is 0 Å². The largest absolute Gasteiger partial charge is 0.315 e. The number of hydrogen-bond acceptors (Lipinski definition) is 2. The van der Waals surface area contributed by atoms with E-state index in [2.05, 4.69) is 38.0 Å². The first kappa shape index (κ1) is 11.0. The van der Waals surface area contributed by atoms with Crippen molar-refractivity contribution in [2.45, 2.75) is 45.7 Å². The van der Waals surface area contributed by atoms with Crippen molar-refractivity contribution in [1.29, 1.82) is 0 Å². The van der Waals surface area contributed by atoms with Gasteiger partial charge in [0.1, 0.15) is 0 Å². The quantitative estimate of drug-likeness (QED) is 0.715. The molecule has 0 amide bonds. The van der Waals surface area contributed by atoms with Crippen LogP contribution in [0, 0.1) is 5.92 Å². The smallest absolute Gasteiger partial charge is 0.0258 e. The standard InChI is InChI=1S/C11H24N2/c1-5-6-10(3)13(4)11-8-12-7-9(11)2/h9-12H,5-8H2,1-4H3. The fourth-order valence-electron chi connectivity index (χ4n) is 2.29. The van der Waals surface area contributed by atoms with E-state index in [1.54, 1.807) is 0 Å². The Labute approximate surface area is 82.7 Å². The lowest BCUT2D eigenvalue weighted by Gasteiger charge is -2.32. The van der Waals surface area contributed by atoms with Gasteiger partial charge in [0.15, 0.2) is 0 Å². The molecule has 0 aromatic heterocycles. The van der Waals surface area contributed by atoms with Gasteiger partial charge in [0, 0.05) is 18.6 Å². The molecule has 78 valence electrons. The molecule has 1 aliphatic heterocycles. The molecule has 1 N–H and O–H groups in total. The highest BCUT2D eigenvalue weighted by Crippen LogP contribution is 2.17. The molecular formula is C11H24N2. The lowest BCUT2D eigenvalue weighted by atomic mass is 10.0. The van der Waals surface area contributed by atoms with Crippen LogP contribution in [-0.4, -0.2) is 37.1 Å². The number of nitrogens with one attached hydrogen (secondary N) is 1. The van der Waals surface area contributed by atoms with Crippen molar-refractivity contribution >= 4 is 0 Å². The Hall–Kier alpha value is -0.0800. The van der Waals surface area contributed by atoms with Crippen molar-refractivity contribution in [2.75, 3.05) is 20.1 Å². The summed E-state index contributed by atoms with van der Waals surface area (Å²) in [6.07, 6.45) is 2.61. The molecule has 1 saturated heterocycles. The van der Waals surface area contributed by atoms with Gasteiger partial charge in [0.25, 0.3) is 0 Å².